The maximum absolute atomic E-state index is 13.1. The van der Waals surface area contributed by atoms with Gasteiger partial charge in [0, 0.05) is 62.0 Å². The van der Waals surface area contributed by atoms with Crippen LogP contribution in [0.25, 0.3) is 0 Å². The van der Waals surface area contributed by atoms with Crippen molar-refractivity contribution in [2.24, 2.45) is 21.1 Å². The minimum atomic E-state index is -0.382. The van der Waals surface area contributed by atoms with E-state index < -0.39 is 0 Å². The number of benzene rings is 1. The maximum atomic E-state index is 13.1. The number of carbonyl (C=O) groups excluding carboxylic acids is 1. The van der Waals surface area contributed by atoms with Crippen LogP contribution in [0.3, 0.4) is 0 Å². The summed E-state index contributed by atoms with van der Waals surface area (Å²) in [5, 5.41) is 9.35. The number of carbonyl (C=O) groups is 1. The third-order valence-corrected chi connectivity index (χ3v) is 6.52. The zero-order valence-electron chi connectivity index (χ0n) is 24.0. The molecule has 0 unspecified atom stereocenters. The number of anilines is 2. The number of nitrogens with zero attached hydrogens (tertiary/aromatic N) is 6. The quantitative estimate of drug-likeness (QED) is 0.282. The van der Waals surface area contributed by atoms with Gasteiger partial charge in [-0.3, -0.25) is 9.79 Å². The van der Waals surface area contributed by atoms with Crippen molar-refractivity contribution >= 4 is 46.5 Å². The molecule has 2 aromatic rings. The van der Waals surface area contributed by atoms with E-state index in [1.807, 2.05) is 7.05 Å². The first-order chi connectivity index (χ1) is 18.9. The molecule has 0 atom stereocenters. The van der Waals surface area contributed by atoms with E-state index in [9.17, 15) is 4.79 Å². The second kappa shape index (κ2) is 13.4. The first kappa shape index (κ1) is 30.6. The lowest BCUT2D eigenvalue weighted by molar-refractivity contribution is 0.0977. The fraction of sp³-hybridized carbons (Fsp3) is 0.393. The number of aromatic nitrogens is 2. The summed E-state index contributed by atoms with van der Waals surface area (Å²) in [6, 6.07) is 4.80. The number of nitrogens with two attached hydrogens (primary N) is 1. The summed E-state index contributed by atoms with van der Waals surface area (Å²) >= 11 is 6.38. The van der Waals surface area contributed by atoms with Gasteiger partial charge in [-0.25, -0.2) is 15.0 Å². The monoisotopic (exact) mass is 566 g/mol. The summed E-state index contributed by atoms with van der Waals surface area (Å²) in [5.74, 6) is 0.731. The van der Waals surface area contributed by atoms with Crippen LogP contribution in [0.2, 0.25) is 5.02 Å². The molecule has 11 nitrogen and oxygen atoms in total. The van der Waals surface area contributed by atoms with Crippen molar-refractivity contribution < 1.29 is 4.79 Å². The van der Waals surface area contributed by atoms with Gasteiger partial charge in [0.05, 0.1) is 17.6 Å². The highest BCUT2D eigenvalue weighted by Gasteiger charge is 2.20. The molecule has 5 N–H and O–H groups in total. The third kappa shape index (κ3) is 8.03. The number of amidine groups is 2. The lowest BCUT2D eigenvalue weighted by Gasteiger charge is -2.32. The van der Waals surface area contributed by atoms with E-state index in [2.05, 4.69) is 75.1 Å². The Morgan fingerprint density at radius 3 is 2.50 bits per heavy atom. The second-order valence-corrected chi connectivity index (χ2v) is 10.8. The molecule has 0 bridgehead atoms. The predicted molar refractivity (Wildman–Crippen MR) is 165 cm³/mol. The Kier molecular flexibility index (Phi) is 10.2. The molecule has 1 aliphatic rings. The van der Waals surface area contributed by atoms with Gasteiger partial charge in [-0.2, -0.15) is 0 Å². The highest BCUT2D eigenvalue weighted by Crippen LogP contribution is 2.25. The molecular weight excluding hydrogens is 528 g/mol. The number of amides is 1. The summed E-state index contributed by atoms with van der Waals surface area (Å²) < 4.78 is 0. The molecule has 0 aliphatic carbocycles. The van der Waals surface area contributed by atoms with Crippen LogP contribution in [-0.2, 0) is 0 Å². The van der Waals surface area contributed by atoms with E-state index in [4.69, 9.17) is 22.3 Å². The third-order valence-electron chi connectivity index (χ3n) is 6.30. The molecule has 40 heavy (non-hydrogen) atoms. The lowest BCUT2D eigenvalue weighted by atomic mass is 9.91. The van der Waals surface area contributed by atoms with Crippen molar-refractivity contribution in [3.05, 3.63) is 65.2 Å². The Balaban J connectivity index is 1.91. The Morgan fingerprint density at radius 2 is 1.90 bits per heavy atom. The summed E-state index contributed by atoms with van der Waals surface area (Å²) in [6.45, 7) is 13.4. The van der Waals surface area contributed by atoms with Crippen molar-refractivity contribution in [1.82, 2.24) is 25.5 Å². The molecule has 1 aliphatic heterocycles. The lowest BCUT2D eigenvalue weighted by Crippen LogP contribution is -2.45. The Hall–Kier alpha value is -3.96. The minimum absolute atomic E-state index is 0.137. The van der Waals surface area contributed by atoms with Gasteiger partial charge in [0.1, 0.15) is 11.5 Å². The average molecular weight is 567 g/mol. The summed E-state index contributed by atoms with van der Waals surface area (Å²) in [5.41, 5.74) is 8.89. The molecule has 1 amide bonds. The van der Waals surface area contributed by atoms with Gasteiger partial charge >= 0.3 is 0 Å². The number of hydrogen-bond acceptors (Lipinski definition) is 9. The number of hydrogen-bond donors (Lipinski definition) is 4. The number of allylic oxidation sites excluding steroid dienone is 1. The van der Waals surface area contributed by atoms with Crippen LogP contribution >= 0.6 is 11.6 Å². The van der Waals surface area contributed by atoms with Crippen LogP contribution in [0.4, 0.5) is 17.3 Å². The fourth-order valence-electron chi connectivity index (χ4n) is 4.05. The van der Waals surface area contributed by atoms with E-state index >= 15 is 0 Å². The molecule has 1 aromatic carbocycles. The van der Waals surface area contributed by atoms with Gasteiger partial charge in [-0.15, -0.1) is 0 Å². The molecule has 1 aromatic heterocycles. The smallest absolute Gasteiger partial charge is 0.256 e. The van der Waals surface area contributed by atoms with E-state index in [0.29, 0.717) is 39.4 Å². The zero-order valence-corrected chi connectivity index (χ0v) is 24.8. The molecule has 214 valence electrons. The molecule has 0 spiro atoms. The fourth-order valence-corrected chi connectivity index (χ4v) is 4.28. The highest BCUT2D eigenvalue weighted by molar-refractivity contribution is 6.31. The molecule has 0 radical (unpaired) electrons. The minimum Gasteiger partial charge on any atom is -0.391 e. The van der Waals surface area contributed by atoms with Crippen LogP contribution in [0.1, 0.15) is 36.8 Å². The molecular formula is C28H39ClN10O. The first-order valence-electron chi connectivity index (χ1n) is 13.0. The van der Waals surface area contributed by atoms with Crippen LogP contribution in [0.5, 0.6) is 0 Å². The van der Waals surface area contributed by atoms with Crippen molar-refractivity contribution in [2.75, 3.05) is 57.5 Å². The number of aliphatic imine (C=N–C) groups is 2. The van der Waals surface area contributed by atoms with Crippen LogP contribution in [0, 0.1) is 5.41 Å². The highest BCUT2D eigenvalue weighted by atomic mass is 35.5. The molecule has 1 fully saturated rings. The van der Waals surface area contributed by atoms with E-state index in [1.165, 1.54) is 6.20 Å². The molecule has 2 heterocycles. The van der Waals surface area contributed by atoms with E-state index in [0.717, 1.165) is 31.9 Å². The van der Waals surface area contributed by atoms with Crippen LogP contribution in [0.15, 0.2) is 58.9 Å². The van der Waals surface area contributed by atoms with E-state index in [-0.39, 0.29) is 17.2 Å². The first-order valence-corrected chi connectivity index (χ1v) is 13.3. The van der Waals surface area contributed by atoms with Gasteiger partial charge in [-0.05, 0) is 37.5 Å². The maximum Gasteiger partial charge on any atom is 0.256 e. The molecule has 3 rings (SSSR count). The molecule has 0 saturated carbocycles. The van der Waals surface area contributed by atoms with E-state index in [1.54, 1.807) is 37.5 Å². The van der Waals surface area contributed by atoms with Gasteiger partial charge < -0.3 is 31.5 Å². The molecule has 12 heteroatoms. The van der Waals surface area contributed by atoms with Gasteiger partial charge in [0.2, 0.25) is 5.95 Å². The van der Waals surface area contributed by atoms with Gasteiger partial charge in [-0.1, -0.05) is 39.0 Å². The van der Waals surface area contributed by atoms with Crippen molar-refractivity contribution in [3.63, 3.8) is 0 Å². The number of rotatable bonds is 8. The SMILES string of the molecule is C=CNc1cnc(N2CCN(C)CC2)nc1C(N)=Nc1cc(Cl)cc(C(=O)NC(C=C(NC)C(C)(C)C)=NC)c1. The molecule has 1 saturated heterocycles. The largest absolute Gasteiger partial charge is 0.391 e. The predicted octanol–water partition coefficient (Wildman–Crippen LogP) is 3.38. The topological polar surface area (TPSA) is 136 Å². The normalized spacial score (nSPS) is 15.6. The van der Waals surface area contributed by atoms with Crippen molar-refractivity contribution in [3.8, 4) is 0 Å². The summed E-state index contributed by atoms with van der Waals surface area (Å²) in [7, 11) is 5.53. The number of piperazine rings is 1. The Bertz CT molecular complexity index is 1320. The van der Waals surface area contributed by atoms with Gasteiger partial charge in [0.15, 0.2) is 5.84 Å². The number of likely N-dealkylation sites (N-methyl/N-ethyl adjacent to an activating group) is 1. The van der Waals surface area contributed by atoms with Crippen LogP contribution in [-0.4, -0.2) is 79.8 Å². The summed E-state index contributed by atoms with van der Waals surface area (Å²) in [4.78, 5) is 35.5. The average Bonchev–Trinajstić information content (AvgIpc) is 2.90. The Labute approximate surface area is 241 Å². The Morgan fingerprint density at radius 1 is 1.20 bits per heavy atom. The van der Waals surface area contributed by atoms with Crippen LogP contribution < -0.4 is 26.6 Å². The second-order valence-electron chi connectivity index (χ2n) is 10.4. The van der Waals surface area contributed by atoms with Crippen molar-refractivity contribution in [2.45, 2.75) is 20.8 Å². The van der Waals surface area contributed by atoms with Crippen molar-refractivity contribution in [1.29, 1.82) is 0 Å². The standard InChI is InChI=1S/C28H39ClN10O/c1-8-33-21-17-34-27(39-11-9-38(7)10-12-39)37-24(21)25(30)35-20-14-18(13-19(29)15-20)26(40)36-23(32-6)16-22(31-5)28(2,3)4/h8,13-17,31,33H,1,9-12H2,2-7H3,(H2,30,35)(H,32,36,40). The number of halogens is 1. The van der Waals surface area contributed by atoms with Gasteiger partial charge in [0.25, 0.3) is 5.91 Å². The summed E-state index contributed by atoms with van der Waals surface area (Å²) in [6.07, 6.45) is 4.99. The number of nitrogens with one attached hydrogen (secondary N) is 3. The zero-order chi connectivity index (χ0) is 29.4.